The highest BCUT2D eigenvalue weighted by Crippen LogP contribution is 2.27. The summed E-state index contributed by atoms with van der Waals surface area (Å²) in [6.07, 6.45) is 5.44. The average Bonchev–Trinajstić information content (AvgIpc) is 3.27. The lowest BCUT2D eigenvalue weighted by Gasteiger charge is -2.10. The molecule has 0 saturated carbocycles. The highest BCUT2D eigenvalue weighted by atomic mass is 32.2. The maximum Gasteiger partial charge on any atom is 0.280 e. The highest BCUT2D eigenvalue weighted by Gasteiger charge is 2.22. The molecule has 0 radical (unpaired) electrons. The zero-order valence-corrected chi connectivity index (χ0v) is 18.5. The number of nitrogens with zero attached hydrogens (tertiary/aromatic N) is 4. The zero-order chi connectivity index (χ0) is 21.6. The van der Waals surface area contributed by atoms with Gasteiger partial charge in [-0.3, -0.25) is 4.72 Å². The monoisotopic (exact) mass is 423 g/mol. The molecule has 1 N–H and O–H groups in total. The number of anilines is 1. The normalized spacial score (nSPS) is 12.1. The Bertz CT molecular complexity index is 1350. The fourth-order valence-electron chi connectivity index (χ4n) is 3.43. The molecule has 3 aromatic heterocycles. The van der Waals surface area contributed by atoms with Crippen LogP contribution in [0.5, 0.6) is 0 Å². The Kier molecular flexibility index (Phi) is 4.89. The number of rotatable bonds is 5. The third-order valence-corrected chi connectivity index (χ3v) is 6.31. The molecule has 4 rings (SSSR count). The molecule has 0 spiro atoms. The zero-order valence-electron chi connectivity index (χ0n) is 17.7. The van der Waals surface area contributed by atoms with Crippen LogP contribution in [0.1, 0.15) is 36.7 Å². The van der Waals surface area contributed by atoms with Crippen LogP contribution >= 0.6 is 0 Å². The summed E-state index contributed by atoms with van der Waals surface area (Å²) in [6, 6.07) is 9.67. The van der Waals surface area contributed by atoms with E-state index in [0.717, 1.165) is 33.9 Å². The Labute approximate surface area is 176 Å². The number of pyridine rings is 1. The molecule has 0 aliphatic heterocycles. The fraction of sp³-hybridized carbons (Fsp3) is 0.273. The molecular formula is C22H25N5O2S. The van der Waals surface area contributed by atoms with Crippen molar-refractivity contribution in [3.8, 4) is 11.3 Å². The third-order valence-electron chi connectivity index (χ3n) is 5.08. The fourth-order valence-corrected chi connectivity index (χ4v) is 4.55. The van der Waals surface area contributed by atoms with Crippen LogP contribution in [0.4, 0.5) is 5.69 Å². The van der Waals surface area contributed by atoms with E-state index in [1.165, 1.54) is 0 Å². The van der Waals surface area contributed by atoms with Gasteiger partial charge in [-0.05, 0) is 43.2 Å². The lowest BCUT2D eigenvalue weighted by atomic mass is 10.1. The maximum atomic E-state index is 13.0. The van der Waals surface area contributed by atoms with Crippen molar-refractivity contribution in [2.75, 3.05) is 4.72 Å². The highest BCUT2D eigenvalue weighted by molar-refractivity contribution is 7.92. The van der Waals surface area contributed by atoms with Crippen LogP contribution in [0.2, 0.25) is 0 Å². The van der Waals surface area contributed by atoms with Crippen molar-refractivity contribution in [3.63, 3.8) is 0 Å². The van der Waals surface area contributed by atoms with Gasteiger partial charge >= 0.3 is 0 Å². The number of hydrogen-bond donors (Lipinski definition) is 1. The summed E-state index contributed by atoms with van der Waals surface area (Å²) in [5.74, 6) is 0.850. The van der Waals surface area contributed by atoms with Gasteiger partial charge in [0.25, 0.3) is 10.0 Å². The van der Waals surface area contributed by atoms with Gasteiger partial charge in [0, 0.05) is 37.1 Å². The van der Waals surface area contributed by atoms with Crippen molar-refractivity contribution in [2.45, 2.75) is 38.6 Å². The summed E-state index contributed by atoms with van der Waals surface area (Å²) >= 11 is 0. The Hall–Kier alpha value is -3.13. The SMILES string of the molecule is Cc1ccn2cc(-c3ccc(C)c(NS(=O)(=O)c4cn(C)c(C(C)C)n4)c3)nc2c1. The first kappa shape index (κ1) is 20.2. The van der Waals surface area contributed by atoms with Crippen molar-refractivity contribution in [1.82, 2.24) is 18.9 Å². The minimum atomic E-state index is -3.81. The molecule has 0 amide bonds. The standard InChI is InChI=1S/C22H25N5O2S/c1-14(2)22-24-21(13-26(22)5)30(28,29)25-18-11-17(7-6-16(18)4)19-12-27-9-8-15(3)10-20(27)23-19/h6-14,25H,1-5H3. The minimum Gasteiger partial charge on any atom is -0.336 e. The summed E-state index contributed by atoms with van der Waals surface area (Å²) < 4.78 is 32.3. The first-order chi connectivity index (χ1) is 14.1. The van der Waals surface area contributed by atoms with E-state index in [1.54, 1.807) is 17.8 Å². The van der Waals surface area contributed by atoms with E-state index in [1.807, 2.05) is 74.8 Å². The van der Waals surface area contributed by atoms with Gasteiger partial charge in [-0.15, -0.1) is 0 Å². The quantitative estimate of drug-likeness (QED) is 0.520. The number of fused-ring (bicyclic) bond motifs is 1. The molecule has 8 heteroatoms. The van der Waals surface area contributed by atoms with Gasteiger partial charge in [-0.25, -0.2) is 9.97 Å². The number of imidazole rings is 2. The molecule has 4 aromatic rings. The van der Waals surface area contributed by atoms with Gasteiger partial charge in [0.2, 0.25) is 0 Å². The predicted octanol–water partition coefficient (Wildman–Crippen LogP) is 4.28. The number of aryl methyl sites for hydroxylation is 3. The molecule has 3 heterocycles. The predicted molar refractivity (Wildman–Crippen MR) is 118 cm³/mol. The molecule has 0 aliphatic carbocycles. The molecule has 0 unspecified atom stereocenters. The second-order valence-corrected chi connectivity index (χ2v) is 9.56. The van der Waals surface area contributed by atoms with Gasteiger partial charge in [-0.1, -0.05) is 26.0 Å². The molecule has 1 aromatic carbocycles. The molecule has 0 aliphatic rings. The Balaban J connectivity index is 1.70. The van der Waals surface area contributed by atoms with E-state index < -0.39 is 10.0 Å². The van der Waals surface area contributed by atoms with Crippen LogP contribution in [0.3, 0.4) is 0 Å². The number of nitrogens with one attached hydrogen (secondary N) is 1. The van der Waals surface area contributed by atoms with E-state index >= 15 is 0 Å². The van der Waals surface area contributed by atoms with Crippen molar-refractivity contribution in [1.29, 1.82) is 0 Å². The van der Waals surface area contributed by atoms with Gasteiger partial charge < -0.3 is 8.97 Å². The summed E-state index contributed by atoms with van der Waals surface area (Å²) in [5, 5.41) is 0.0155. The smallest absolute Gasteiger partial charge is 0.280 e. The maximum absolute atomic E-state index is 13.0. The minimum absolute atomic E-state index is 0.0155. The molecular weight excluding hydrogens is 398 g/mol. The van der Waals surface area contributed by atoms with E-state index in [0.29, 0.717) is 5.69 Å². The van der Waals surface area contributed by atoms with E-state index in [2.05, 4.69) is 14.7 Å². The number of hydrogen-bond acceptors (Lipinski definition) is 4. The van der Waals surface area contributed by atoms with E-state index in [4.69, 9.17) is 0 Å². The first-order valence-electron chi connectivity index (χ1n) is 9.76. The Morgan fingerprint density at radius 1 is 1.03 bits per heavy atom. The van der Waals surface area contributed by atoms with Crippen LogP contribution in [0.25, 0.3) is 16.9 Å². The molecule has 0 bridgehead atoms. The third kappa shape index (κ3) is 3.70. The molecule has 0 saturated heterocycles. The molecule has 30 heavy (non-hydrogen) atoms. The topological polar surface area (TPSA) is 81.3 Å². The molecule has 0 fully saturated rings. The van der Waals surface area contributed by atoms with Crippen LogP contribution in [-0.4, -0.2) is 27.4 Å². The summed E-state index contributed by atoms with van der Waals surface area (Å²) in [4.78, 5) is 8.99. The Morgan fingerprint density at radius 3 is 2.50 bits per heavy atom. The van der Waals surface area contributed by atoms with Crippen molar-refractivity contribution in [2.24, 2.45) is 7.05 Å². The van der Waals surface area contributed by atoms with Crippen molar-refractivity contribution < 1.29 is 8.42 Å². The molecule has 0 atom stereocenters. The van der Waals surface area contributed by atoms with Gasteiger partial charge in [0.05, 0.1) is 11.4 Å². The van der Waals surface area contributed by atoms with Crippen LogP contribution < -0.4 is 4.72 Å². The lowest BCUT2D eigenvalue weighted by molar-refractivity contribution is 0.597. The molecule has 156 valence electrons. The largest absolute Gasteiger partial charge is 0.336 e. The average molecular weight is 424 g/mol. The van der Waals surface area contributed by atoms with Crippen LogP contribution in [0, 0.1) is 13.8 Å². The van der Waals surface area contributed by atoms with Crippen LogP contribution in [-0.2, 0) is 17.1 Å². The van der Waals surface area contributed by atoms with Crippen molar-refractivity contribution >= 4 is 21.4 Å². The van der Waals surface area contributed by atoms with E-state index in [-0.39, 0.29) is 10.9 Å². The molecule has 7 nitrogen and oxygen atoms in total. The number of sulfonamides is 1. The Morgan fingerprint density at radius 2 is 1.80 bits per heavy atom. The van der Waals surface area contributed by atoms with Gasteiger partial charge in [0.15, 0.2) is 5.03 Å². The summed E-state index contributed by atoms with van der Waals surface area (Å²) in [5.41, 5.74) is 4.93. The van der Waals surface area contributed by atoms with Crippen molar-refractivity contribution in [3.05, 3.63) is 65.9 Å². The van der Waals surface area contributed by atoms with Gasteiger partial charge in [0.1, 0.15) is 11.5 Å². The lowest BCUT2D eigenvalue weighted by Crippen LogP contribution is -2.14. The van der Waals surface area contributed by atoms with E-state index in [9.17, 15) is 8.42 Å². The number of benzene rings is 1. The second-order valence-electron chi connectivity index (χ2n) is 7.93. The van der Waals surface area contributed by atoms with Crippen LogP contribution in [0.15, 0.2) is 53.9 Å². The second kappa shape index (κ2) is 7.28. The summed E-state index contributed by atoms with van der Waals surface area (Å²) in [7, 11) is -2.00. The summed E-state index contributed by atoms with van der Waals surface area (Å²) in [6.45, 7) is 7.86. The van der Waals surface area contributed by atoms with Gasteiger partial charge in [-0.2, -0.15) is 8.42 Å². The first-order valence-corrected chi connectivity index (χ1v) is 11.2. The number of aromatic nitrogens is 4.